The molecule has 1 aromatic carbocycles. The summed E-state index contributed by atoms with van der Waals surface area (Å²) in [6, 6.07) is 4.60. The van der Waals surface area contributed by atoms with E-state index in [0.29, 0.717) is 24.2 Å². The van der Waals surface area contributed by atoms with Crippen LogP contribution in [0.1, 0.15) is 24.2 Å². The van der Waals surface area contributed by atoms with Crippen molar-refractivity contribution in [2.75, 3.05) is 27.2 Å². The van der Waals surface area contributed by atoms with Gasteiger partial charge in [-0.1, -0.05) is 6.07 Å². The highest BCUT2D eigenvalue weighted by molar-refractivity contribution is 7.89. The molecule has 0 radical (unpaired) electrons. The topological polar surface area (TPSA) is 94.0 Å². The van der Waals surface area contributed by atoms with Gasteiger partial charge in [0.15, 0.2) is 16.5 Å². The van der Waals surface area contributed by atoms with Crippen molar-refractivity contribution in [1.29, 1.82) is 0 Å². The Morgan fingerprint density at radius 3 is 2.48 bits per heavy atom. The Morgan fingerprint density at radius 1 is 1.27 bits per heavy atom. The summed E-state index contributed by atoms with van der Waals surface area (Å²) in [4.78, 5) is 18.5. The zero-order valence-corrected chi connectivity index (χ0v) is 19.8. The maximum absolute atomic E-state index is 12.9. The van der Waals surface area contributed by atoms with Gasteiger partial charge in [0.25, 0.3) is 10.0 Å². The van der Waals surface area contributed by atoms with Crippen molar-refractivity contribution in [3.63, 3.8) is 0 Å². The summed E-state index contributed by atoms with van der Waals surface area (Å²) in [5.41, 5.74) is 0.604. The van der Waals surface area contributed by atoms with Crippen molar-refractivity contribution >= 4 is 15.9 Å². The van der Waals surface area contributed by atoms with Crippen LogP contribution in [-0.2, 0) is 28.4 Å². The first kappa shape index (κ1) is 24.9. The molecule has 12 heteroatoms. The standard InChI is InChI=1S/C21H28F2N4O5S/c1-14-24-19(13-25(14)2)33(29,30)27-9-7-16(8-10-27)20(28)26(3)12-15-5-6-17(31-4)18(11-15)32-21(22)23/h5-6,11,13,16,21H,7-10,12H2,1-4H3. The number of hydrogen-bond donors (Lipinski definition) is 0. The van der Waals surface area contributed by atoms with Crippen molar-refractivity contribution in [2.24, 2.45) is 13.0 Å². The van der Waals surface area contributed by atoms with Crippen molar-refractivity contribution in [3.05, 3.63) is 35.8 Å². The molecule has 0 saturated carbocycles. The van der Waals surface area contributed by atoms with Crippen LogP contribution in [0.5, 0.6) is 11.5 Å². The molecule has 0 atom stereocenters. The van der Waals surface area contributed by atoms with Gasteiger partial charge < -0.3 is 18.9 Å². The molecule has 0 aliphatic carbocycles. The van der Waals surface area contributed by atoms with E-state index in [-0.39, 0.29) is 48.0 Å². The van der Waals surface area contributed by atoms with Crippen LogP contribution in [0.25, 0.3) is 0 Å². The quantitative estimate of drug-likeness (QED) is 0.569. The summed E-state index contributed by atoms with van der Waals surface area (Å²) in [5.74, 6) is 0.203. The van der Waals surface area contributed by atoms with Crippen LogP contribution >= 0.6 is 0 Å². The molecule has 1 aromatic heterocycles. The fourth-order valence-corrected chi connectivity index (χ4v) is 5.29. The molecule has 1 saturated heterocycles. The maximum atomic E-state index is 12.9. The molecule has 33 heavy (non-hydrogen) atoms. The lowest BCUT2D eigenvalue weighted by molar-refractivity contribution is -0.135. The molecule has 1 fully saturated rings. The number of hydrogen-bond acceptors (Lipinski definition) is 6. The van der Waals surface area contributed by atoms with Crippen molar-refractivity contribution in [3.8, 4) is 11.5 Å². The third-order valence-electron chi connectivity index (χ3n) is 5.73. The number of sulfonamides is 1. The number of imidazole rings is 1. The number of halogens is 2. The summed E-state index contributed by atoms with van der Waals surface area (Å²) < 4.78 is 63.5. The van der Waals surface area contributed by atoms with Gasteiger partial charge in [0.1, 0.15) is 5.82 Å². The Bertz CT molecular complexity index is 1080. The predicted octanol–water partition coefficient (Wildman–Crippen LogP) is 2.40. The average molecular weight is 487 g/mol. The Hall–Kier alpha value is -2.73. The minimum atomic E-state index is -3.71. The lowest BCUT2D eigenvalue weighted by atomic mass is 9.96. The smallest absolute Gasteiger partial charge is 0.387 e. The molecule has 2 heterocycles. The monoisotopic (exact) mass is 486 g/mol. The summed E-state index contributed by atoms with van der Waals surface area (Å²) in [5, 5.41) is 0.00530. The van der Waals surface area contributed by atoms with Crippen molar-refractivity contribution in [2.45, 2.75) is 37.9 Å². The van der Waals surface area contributed by atoms with E-state index in [1.807, 2.05) is 0 Å². The van der Waals surface area contributed by atoms with Crippen LogP contribution in [0.4, 0.5) is 8.78 Å². The number of methoxy groups -OCH3 is 1. The van der Waals surface area contributed by atoms with Crippen LogP contribution in [0.3, 0.4) is 0 Å². The highest BCUT2D eigenvalue weighted by Crippen LogP contribution is 2.30. The summed E-state index contributed by atoms with van der Waals surface area (Å²) in [6.07, 6.45) is 2.25. The first-order chi connectivity index (χ1) is 15.5. The van der Waals surface area contributed by atoms with Crippen LogP contribution in [0.15, 0.2) is 29.4 Å². The van der Waals surface area contributed by atoms with Gasteiger partial charge in [0.05, 0.1) is 7.11 Å². The van der Waals surface area contributed by atoms with Gasteiger partial charge in [0.2, 0.25) is 5.91 Å². The highest BCUT2D eigenvalue weighted by atomic mass is 32.2. The summed E-state index contributed by atoms with van der Waals surface area (Å²) in [7, 11) is 0.993. The molecular weight excluding hydrogens is 458 g/mol. The van der Waals surface area contributed by atoms with E-state index in [2.05, 4.69) is 9.72 Å². The SMILES string of the molecule is COc1ccc(CN(C)C(=O)C2CCN(S(=O)(=O)c3cn(C)c(C)n3)CC2)cc1OC(F)F. The minimum absolute atomic E-state index is 0.00530. The fourth-order valence-electron chi connectivity index (χ4n) is 3.80. The molecule has 0 N–H and O–H groups in total. The van der Waals surface area contributed by atoms with E-state index < -0.39 is 16.6 Å². The Kier molecular flexibility index (Phi) is 7.58. The van der Waals surface area contributed by atoms with Gasteiger partial charge in [-0.2, -0.15) is 13.1 Å². The molecule has 1 amide bonds. The fraction of sp³-hybridized carbons (Fsp3) is 0.524. The first-order valence-corrected chi connectivity index (χ1v) is 11.8. The number of amides is 1. The van der Waals surface area contributed by atoms with Gasteiger partial charge in [0, 0.05) is 45.8 Å². The minimum Gasteiger partial charge on any atom is -0.493 e. The number of carbonyl (C=O) groups excluding carboxylic acids is 1. The lowest BCUT2D eigenvalue weighted by Crippen LogP contribution is -2.43. The zero-order chi connectivity index (χ0) is 24.3. The maximum Gasteiger partial charge on any atom is 0.387 e. The third-order valence-corrected chi connectivity index (χ3v) is 7.50. The number of aryl methyl sites for hydroxylation is 2. The van der Waals surface area contributed by atoms with Crippen LogP contribution in [-0.4, -0.2) is 66.9 Å². The van der Waals surface area contributed by atoms with E-state index in [1.165, 1.54) is 34.6 Å². The van der Waals surface area contributed by atoms with Gasteiger partial charge >= 0.3 is 6.61 Å². The third kappa shape index (κ3) is 5.61. The number of aromatic nitrogens is 2. The number of alkyl halides is 2. The summed E-state index contributed by atoms with van der Waals surface area (Å²) >= 11 is 0. The zero-order valence-electron chi connectivity index (χ0n) is 19.0. The molecule has 1 aliphatic rings. The molecule has 182 valence electrons. The number of piperidine rings is 1. The predicted molar refractivity (Wildman–Crippen MR) is 116 cm³/mol. The molecule has 2 aromatic rings. The second-order valence-corrected chi connectivity index (χ2v) is 9.86. The van der Waals surface area contributed by atoms with Gasteiger partial charge in [-0.25, -0.2) is 13.4 Å². The molecule has 0 unspecified atom stereocenters. The first-order valence-electron chi connectivity index (χ1n) is 10.4. The molecule has 0 bridgehead atoms. The van der Waals surface area contributed by atoms with E-state index in [1.54, 1.807) is 31.7 Å². The van der Waals surface area contributed by atoms with E-state index in [4.69, 9.17) is 4.74 Å². The van der Waals surface area contributed by atoms with E-state index in [0.717, 1.165) is 0 Å². The molecule has 3 rings (SSSR count). The molecule has 1 aliphatic heterocycles. The van der Waals surface area contributed by atoms with Crippen LogP contribution in [0, 0.1) is 12.8 Å². The number of ether oxygens (including phenoxy) is 2. The van der Waals surface area contributed by atoms with Gasteiger partial charge in [-0.3, -0.25) is 4.79 Å². The lowest BCUT2D eigenvalue weighted by Gasteiger charge is -2.32. The number of nitrogens with zero attached hydrogens (tertiary/aromatic N) is 4. The van der Waals surface area contributed by atoms with E-state index >= 15 is 0 Å². The Morgan fingerprint density at radius 2 is 1.94 bits per heavy atom. The largest absolute Gasteiger partial charge is 0.493 e. The van der Waals surface area contributed by atoms with Crippen molar-refractivity contribution < 1.29 is 31.5 Å². The Labute approximate surface area is 192 Å². The summed E-state index contributed by atoms with van der Waals surface area (Å²) in [6.45, 7) is -0.641. The van der Waals surface area contributed by atoms with Gasteiger partial charge in [-0.15, -0.1) is 0 Å². The second-order valence-electron chi connectivity index (χ2n) is 7.97. The molecule has 9 nitrogen and oxygen atoms in total. The average Bonchev–Trinajstić information content (AvgIpc) is 3.12. The normalized spacial score (nSPS) is 15.6. The highest BCUT2D eigenvalue weighted by Gasteiger charge is 2.34. The van der Waals surface area contributed by atoms with Gasteiger partial charge in [-0.05, 0) is 37.5 Å². The van der Waals surface area contributed by atoms with Crippen molar-refractivity contribution in [1.82, 2.24) is 18.8 Å². The molecule has 0 spiro atoms. The number of carbonyl (C=O) groups is 1. The van der Waals surface area contributed by atoms with E-state index in [9.17, 15) is 22.0 Å². The molecular formula is C21H28F2N4O5S. The van der Waals surface area contributed by atoms with Crippen LogP contribution < -0.4 is 9.47 Å². The number of rotatable bonds is 8. The van der Waals surface area contributed by atoms with Crippen LogP contribution in [0.2, 0.25) is 0 Å². The second kappa shape index (κ2) is 10.0. The Balaban J connectivity index is 1.61. The number of benzene rings is 1.